The number of halogens is 1. The highest BCUT2D eigenvalue weighted by Gasteiger charge is 2.15. The summed E-state index contributed by atoms with van der Waals surface area (Å²) in [4.78, 5) is 0. The van der Waals surface area contributed by atoms with Crippen molar-refractivity contribution in [1.82, 2.24) is 15.5 Å². The van der Waals surface area contributed by atoms with Gasteiger partial charge in [-0.15, -0.1) is 0 Å². The SMILES string of the molecule is CC(C)CNC[C@H](O)c1cccc2n[nH]c(Cl)c12. The van der Waals surface area contributed by atoms with Gasteiger partial charge in [-0.05, 0) is 24.1 Å². The van der Waals surface area contributed by atoms with Crippen LogP contribution in [0.3, 0.4) is 0 Å². The van der Waals surface area contributed by atoms with Crippen LogP contribution in [0.2, 0.25) is 5.15 Å². The first-order valence-corrected chi connectivity index (χ1v) is 6.48. The van der Waals surface area contributed by atoms with Gasteiger partial charge in [-0.2, -0.15) is 5.10 Å². The van der Waals surface area contributed by atoms with Crippen LogP contribution in [0, 0.1) is 5.92 Å². The molecule has 98 valence electrons. The van der Waals surface area contributed by atoms with Gasteiger partial charge >= 0.3 is 0 Å². The number of nitrogens with zero attached hydrogens (tertiary/aromatic N) is 1. The van der Waals surface area contributed by atoms with Crippen LogP contribution >= 0.6 is 11.6 Å². The number of benzene rings is 1. The fourth-order valence-electron chi connectivity index (χ4n) is 1.95. The zero-order valence-corrected chi connectivity index (χ0v) is 11.3. The number of fused-ring (bicyclic) bond motifs is 1. The van der Waals surface area contributed by atoms with E-state index in [1.807, 2.05) is 18.2 Å². The largest absolute Gasteiger partial charge is 0.387 e. The van der Waals surface area contributed by atoms with E-state index in [-0.39, 0.29) is 0 Å². The number of nitrogens with one attached hydrogen (secondary N) is 2. The van der Waals surface area contributed by atoms with Crippen LogP contribution in [-0.4, -0.2) is 28.4 Å². The topological polar surface area (TPSA) is 60.9 Å². The Morgan fingerprint density at radius 1 is 1.39 bits per heavy atom. The maximum Gasteiger partial charge on any atom is 0.132 e. The molecule has 2 aromatic rings. The first-order chi connectivity index (χ1) is 8.59. The van der Waals surface area contributed by atoms with Crippen molar-refractivity contribution in [1.29, 1.82) is 0 Å². The van der Waals surface area contributed by atoms with Crippen LogP contribution in [-0.2, 0) is 0 Å². The molecule has 0 bridgehead atoms. The molecule has 0 saturated heterocycles. The minimum Gasteiger partial charge on any atom is -0.387 e. The lowest BCUT2D eigenvalue weighted by atomic mass is 10.0. The molecule has 0 aliphatic carbocycles. The van der Waals surface area contributed by atoms with Gasteiger partial charge in [-0.25, -0.2) is 0 Å². The van der Waals surface area contributed by atoms with Gasteiger partial charge in [-0.1, -0.05) is 37.6 Å². The number of aliphatic hydroxyl groups is 1. The second-order valence-electron chi connectivity index (χ2n) is 4.85. The standard InChI is InChI=1S/C13H18ClN3O/c1-8(2)6-15-7-11(18)9-4-3-5-10-12(9)13(14)17-16-10/h3-5,8,11,15,18H,6-7H2,1-2H3,(H,16,17)/t11-/m0/s1. The molecule has 1 heterocycles. The fraction of sp³-hybridized carbons (Fsp3) is 0.462. The van der Waals surface area contributed by atoms with Crippen LogP contribution < -0.4 is 5.32 Å². The Bertz CT molecular complexity index is 524. The molecule has 5 heteroatoms. The minimum atomic E-state index is -0.581. The van der Waals surface area contributed by atoms with Crippen molar-refractivity contribution in [2.75, 3.05) is 13.1 Å². The third-order valence-corrected chi connectivity index (χ3v) is 3.09. The molecule has 0 aliphatic rings. The molecule has 18 heavy (non-hydrogen) atoms. The van der Waals surface area contributed by atoms with Gasteiger partial charge in [-0.3, -0.25) is 5.10 Å². The monoisotopic (exact) mass is 267 g/mol. The summed E-state index contributed by atoms with van der Waals surface area (Å²) in [6.45, 7) is 5.66. The van der Waals surface area contributed by atoms with Crippen LogP contribution in [0.25, 0.3) is 10.9 Å². The van der Waals surface area contributed by atoms with E-state index in [0.29, 0.717) is 17.6 Å². The summed E-state index contributed by atoms with van der Waals surface area (Å²) < 4.78 is 0. The molecule has 2 rings (SSSR count). The number of rotatable bonds is 5. The number of hydrogen-bond acceptors (Lipinski definition) is 3. The van der Waals surface area contributed by atoms with Crippen molar-refractivity contribution >= 4 is 22.5 Å². The maximum absolute atomic E-state index is 10.2. The smallest absolute Gasteiger partial charge is 0.132 e. The molecule has 0 radical (unpaired) electrons. The third-order valence-electron chi connectivity index (χ3n) is 2.82. The minimum absolute atomic E-state index is 0.475. The number of aromatic nitrogens is 2. The van der Waals surface area contributed by atoms with Crippen molar-refractivity contribution < 1.29 is 5.11 Å². The van der Waals surface area contributed by atoms with E-state index in [2.05, 4.69) is 29.4 Å². The van der Waals surface area contributed by atoms with Crippen LogP contribution in [0.15, 0.2) is 18.2 Å². The predicted octanol–water partition coefficient (Wildman–Crippen LogP) is 2.50. The molecule has 0 unspecified atom stereocenters. The summed E-state index contributed by atoms with van der Waals surface area (Å²) >= 11 is 6.06. The first-order valence-electron chi connectivity index (χ1n) is 6.11. The molecule has 1 aromatic heterocycles. The van der Waals surface area contributed by atoms with Crippen molar-refractivity contribution in [3.8, 4) is 0 Å². The Hall–Kier alpha value is -1.10. The molecular formula is C13H18ClN3O. The number of H-pyrrole nitrogens is 1. The normalized spacial score (nSPS) is 13.4. The fourth-order valence-corrected chi connectivity index (χ4v) is 2.20. The Balaban J connectivity index is 2.17. The highest BCUT2D eigenvalue weighted by Crippen LogP contribution is 2.28. The lowest BCUT2D eigenvalue weighted by molar-refractivity contribution is 0.175. The molecule has 4 nitrogen and oxygen atoms in total. The molecule has 0 fully saturated rings. The number of aliphatic hydroxyl groups excluding tert-OH is 1. The summed E-state index contributed by atoms with van der Waals surface area (Å²) in [6, 6.07) is 5.63. The molecule has 0 spiro atoms. The molecule has 0 amide bonds. The van der Waals surface area contributed by atoms with E-state index in [1.54, 1.807) is 0 Å². The van der Waals surface area contributed by atoms with E-state index >= 15 is 0 Å². The van der Waals surface area contributed by atoms with Crippen LogP contribution in [0.1, 0.15) is 25.5 Å². The maximum atomic E-state index is 10.2. The summed E-state index contributed by atoms with van der Waals surface area (Å²) in [6.07, 6.45) is -0.581. The van der Waals surface area contributed by atoms with Gasteiger partial charge in [0.2, 0.25) is 0 Å². The van der Waals surface area contributed by atoms with Gasteiger partial charge in [0.1, 0.15) is 5.15 Å². The Morgan fingerprint density at radius 2 is 2.17 bits per heavy atom. The van der Waals surface area contributed by atoms with Crippen molar-refractivity contribution in [3.63, 3.8) is 0 Å². The molecule has 3 N–H and O–H groups in total. The zero-order chi connectivity index (χ0) is 13.1. The van der Waals surface area contributed by atoms with E-state index < -0.39 is 6.10 Å². The van der Waals surface area contributed by atoms with Crippen molar-refractivity contribution in [2.24, 2.45) is 5.92 Å². The molecule has 0 aliphatic heterocycles. The highest BCUT2D eigenvalue weighted by atomic mass is 35.5. The Labute approximate surface area is 111 Å². The molecule has 1 aromatic carbocycles. The van der Waals surface area contributed by atoms with Crippen LogP contribution in [0.5, 0.6) is 0 Å². The van der Waals surface area contributed by atoms with Gasteiger partial charge in [0.15, 0.2) is 0 Å². The van der Waals surface area contributed by atoms with Gasteiger partial charge in [0, 0.05) is 11.9 Å². The van der Waals surface area contributed by atoms with Gasteiger partial charge < -0.3 is 10.4 Å². The van der Waals surface area contributed by atoms with Crippen molar-refractivity contribution in [3.05, 3.63) is 28.9 Å². The van der Waals surface area contributed by atoms with Gasteiger partial charge in [0.05, 0.1) is 11.6 Å². The molecular weight excluding hydrogens is 250 g/mol. The summed E-state index contributed by atoms with van der Waals surface area (Å²) in [5.41, 5.74) is 1.59. The first kappa shape index (κ1) is 13.3. The van der Waals surface area contributed by atoms with Crippen LogP contribution in [0.4, 0.5) is 0 Å². The van der Waals surface area contributed by atoms with E-state index in [1.165, 1.54) is 0 Å². The van der Waals surface area contributed by atoms with Crippen molar-refractivity contribution in [2.45, 2.75) is 20.0 Å². The summed E-state index contributed by atoms with van der Waals surface area (Å²) in [5, 5.41) is 21.5. The average molecular weight is 268 g/mol. The van der Waals surface area contributed by atoms with E-state index in [9.17, 15) is 5.11 Å². The number of aromatic amines is 1. The lowest BCUT2D eigenvalue weighted by Crippen LogP contribution is -2.25. The second kappa shape index (κ2) is 5.69. The Kier molecular flexibility index (Phi) is 4.22. The average Bonchev–Trinajstić information content (AvgIpc) is 2.71. The van der Waals surface area contributed by atoms with Gasteiger partial charge in [0.25, 0.3) is 0 Å². The Morgan fingerprint density at radius 3 is 2.89 bits per heavy atom. The molecule has 0 saturated carbocycles. The predicted molar refractivity (Wildman–Crippen MR) is 73.8 cm³/mol. The number of hydrogen-bond donors (Lipinski definition) is 3. The molecule has 1 atom stereocenters. The highest BCUT2D eigenvalue weighted by molar-refractivity contribution is 6.34. The third kappa shape index (κ3) is 2.83. The lowest BCUT2D eigenvalue weighted by Gasteiger charge is -2.14. The second-order valence-corrected chi connectivity index (χ2v) is 5.22. The summed E-state index contributed by atoms with van der Waals surface area (Å²) in [7, 11) is 0. The zero-order valence-electron chi connectivity index (χ0n) is 10.6. The summed E-state index contributed by atoms with van der Waals surface area (Å²) in [5.74, 6) is 0.561. The van der Waals surface area contributed by atoms with E-state index in [4.69, 9.17) is 11.6 Å². The quantitative estimate of drug-likeness (QED) is 0.780. The van der Waals surface area contributed by atoms with E-state index in [0.717, 1.165) is 23.0 Å².